The summed E-state index contributed by atoms with van der Waals surface area (Å²) < 4.78 is 1.73. The Bertz CT molecular complexity index is 548. The van der Waals surface area contributed by atoms with Crippen LogP contribution in [0.15, 0.2) is 34.8 Å². The number of likely N-dealkylation sites (N-methyl/N-ethyl adjacent to an activating group) is 1. The van der Waals surface area contributed by atoms with E-state index in [2.05, 4.69) is 65.1 Å². The highest BCUT2D eigenvalue weighted by Crippen LogP contribution is 2.36. The van der Waals surface area contributed by atoms with Gasteiger partial charge in [-0.25, -0.2) is 0 Å². The molecule has 0 saturated carbocycles. The molecule has 2 N–H and O–H groups in total. The number of aryl methyl sites for hydroxylation is 1. The summed E-state index contributed by atoms with van der Waals surface area (Å²) in [5.74, 6) is 0. The van der Waals surface area contributed by atoms with Gasteiger partial charge in [0, 0.05) is 22.4 Å². The number of halogens is 2. The Morgan fingerprint density at radius 3 is 2.50 bits per heavy atom. The van der Waals surface area contributed by atoms with E-state index in [0.717, 1.165) is 15.4 Å². The van der Waals surface area contributed by atoms with Gasteiger partial charge in [-0.05, 0) is 41.5 Å². The first kappa shape index (κ1) is 16.0. The van der Waals surface area contributed by atoms with Crippen LogP contribution < -0.4 is 5.73 Å². The number of hydrogen-bond acceptors (Lipinski definition) is 3. The van der Waals surface area contributed by atoms with E-state index in [9.17, 15) is 0 Å². The monoisotopic (exact) mass is 372 g/mol. The van der Waals surface area contributed by atoms with Crippen LogP contribution in [-0.2, 0) is 6.54 Å². The molecule has 20 heavy (non-hydrogen) atoms. The van der Waals surface area contributed by atoms with E-state index in [1.807, 2.05) is 0 Å². The van der Waals surface area contributed by atoms with Crippen LogP contribution in [-0.4, -0.2) is 18.5 Å². The molecular formula is C15H18BrClN2S. The van der Waals surface area contributed by atoms with Crippen molar-refractivity contribution in [3.05, 3.63) is 55.1 Å². The zero-order valence-electron chi connectivity index (χ0n) is 11.6. The standard InChI is InChI=1S/C15H18BrClN2S/c1-10-3-5-11(6-4-10)9-19(2)13(8-18)14-7-12(16)15(17)20-14/h3-7,13H,8-9,18H2,1-2H3. The highest BCUT2D eigenvalue weighted by molar-refractivity contribution is 9.10. The summed E-state index contributed by atoms with van der Waals surface area (Å²) in [5, 5.41) is 0. The summed E-state index contributed by atoms with van der Waals surface area (Å²) in [4.78, 5) is 3.46. The van der Waals surface area contributed by atoms with Gasteiger partial charge in [0.1, 0.15) is 4.34 Å². The van der Waals surface area contributed by atoms with E-state index in [0.29, 0.717) is 6.54 Å². The van der Waals surface area contributed by atoms with Crippen molar-refractivity contribution in [3.63, 3.8) is 0 Å². The van der Waals surface area contributed by atoms with Gasteiger partial charge < -0.3 is 5.73 Å². The van der Waals surface area contributed by atoms with Crippen LogP contribution in [0.25, 0.3) is 0 Å². The Hall–Kier alpha value is -0.390. The van der Waals surface area contributed by atoms with Crippen molar-refractivity contribution in [1.82, 2.24) is 4.90 Å². The summed E-state index contributed by atoms with van der Waals surface area (Å²) in [6.07, 6.45) is 0. The summed E-state index contributed by atoms with van der Waals surface area (Å²) >= 11 is 11.2. The minimum atomic E-state index is 0.185. The van der Waals surface area contributed by atoms with Crippen molar-refractivity contribution >= 4 is 38.9 Å². The van der Waals surface area contributed by atoms with Crippen molar-refractivity contribution in [2.45, 2.75) is 19.5 Å². The van der Waals surface area contributed by atoms with Gasteiger partial charge in [-0.2, -0.15) is 0 Å². The predicted molar refractivity (Wildman–Crippen MR) is 91.5 cm³/mol. The fourth-order valence-corrected chi connectivity index (χ4v) is 4.05. The highest BCUT2D eigenvalue weighted by atomic mass is 79.9. The number of hydrogen-bond donors (Lipinski definition) is 1. The minimum Gasteiger partial charge on any atom is -0.329 e. The molecule has 0 saturated heterocycles. The normalized spacial score (nSPS) is 12.9. The van der Waals surface area contributed by atoms with Gasteiger partial charge in [-0.15, -0.1) is 11.3 Å². The third-order valence-electron chi connectivity index (χ3n) is 3.30. The number of thiophene rings is 1. The molecule has 2 rings (SSSR count). The fraction of sp³-hybridized carbons (Fsp3) is 0.333. The van der Waals surface area contributed by atoms with Crippen molar-refractivity contribution in [2.75, 3.05) is 13.6 Å². The summed E-state index contributed by atoms with van der Waals surface area (Å²) in [7, 11) is 2.10. The van der Waals surface area contributed by atoms with E-state index < -0.39 is 0 Å². The predicted octanol–water partition coefficient (Wildman–Crippen LogP) is 4.60. The first-order valence-corrected chi connectivity index (χ1v) is 8.40. The maximum Gasteiger partial charge on any atom is 0.107 e. The van der Waals surface area contributed by atoms with E-state index in [4.69, 9.17) is 17.3 Å². The second-order valence-electron chi connectivity index (χ2n) is 4.92. The molecule has 2 nitrogen and oxygen atoms in total. The van der Waals surface area contributed by atoms with E-state index >= 15 is 0 Å². The first-order valence-electron chi connectivity index (χ1n) is 6.42. The largest absolute Gasteiger partial charge is 0.329 e. The molecule has 108 valence electrons. The molecule has 5 heteroatoms. The minimum absolute atomic E-state index is 0.185. The van der Waals surface area contributed by atoms with E-state index in [1.165, 1.54) is 16.0 Å². The van der Waals surface area contributed by atoms with Crippen LogP contribution in [0.1, 0.15) is 22.0 Å². The maximum atomic E-state index is 6.13. The molecule has 0 fully saturated rings. The summed E-state index contributed by atoms with van der Waals surface area (Å²) in [6.45, 7) is 3.54. The number of benzene rings is 1. The molecule has 1 aromatic heterocycles. The van der Waals surface area contributed by atoms with Gasteiger partial charge in [0.15, 0.2) is 0 Å². The topological polar surface area (TPSA) is 29.3 Å². The molecule has 1 unspecified atom stereocenters. The molecule has 2 aromatic rings. The molecule has 0 radical (unpaired) electrons. The molecule has 0 aliphatic heterocycles. The quantitative estimate of drug-likeness (QED) is 0.829. The number of rotatable bonds is 5. The molecule has 1 atom stereocenters. The van der Waals surface area contributed by atoms with Gasteiger partial charge >= 0.3 is 0 Å². The zero-order valence-corrected chi connectivity index (χ0v) is 14.7. The van der Waals surface area contributed by atoms with Crippen molar-refractivity contribution < 1.29 is 0 Å². The van der Waals surface area contributed by atoms with Crippen LogP contribution in [0.5, 0.6) is 0 Å². The average Bonchev–Trinajstić information content (AvgIpc) is 2.73. The molecule has 1 aromatic carbocycles. The Kier molecular flexibility index (Phi) is 5.64. The van der Waals surface area contributed by atoms with Crippen molar-refractivity contribution in [2.24, 2.45) is 5.73 Å². The van der Waals surface area contributed by atoms with E-state index in [1.54, 1.807) is 11.3 Å². The van der Waals surface area contributed by atoms with Crippen LogP contribution in [0.3, 0.4) is 0 Å². The average molecular weight is 374 g/mol. The van der Waals surface area contributed by atoms with Crippen molar-refractivity contribution in [3.8, 4) is 0 Å². The SMILES string of the molecule is Cc1ccc(CN(C)C(CN)c2cc(Br)c(Cl)s2)cc1. The Labute approximate surface area is 137 Å². The Morgan fingerprint density at radius 1 is 1.35 bits per heavy atom. The van der Waals surface area contributed by atoms with Crippen LogP contribution in [0.2, 0.25) is 4.34 Å². The third-order valence-corrected chi connectivity index (χ3v) is 5.88. The lowest BCUT2D eigenvalue weighted by Crippen LogP contribution is -2.29. The lowest BCUT2D eigenvalue weighted by Gasteiger charge is -2.26. The maximum absolute atomic E-state index is 6.13. The van der Waals surface area contributed by atoms with Crippen LogP contribution in [0, 0.1) is 6.92 Å². The molecule has 0 aliphatic carbocycles. The molecule has 0 aliphatic rings. The van der Waals surface area contributed by atoms with E-state index in [-0.39, 0.29) is 6.04 Å². The molecular weight excluding hydrogens is 356 g/mol. The lowest BCUT2D eigenvalue weighted by molar-refractivity contribution is 0.245. The second kappa shape index (κ2) is 7.05. The number of nitrogens with two attached hydrogens (primary N) is 1. The van der Waals surface area contributed by atoms with Gasteiger partial charge in [-0.3, -0.25) is 4.90 Å². The van der Waals surface area contributed by atoms with Crippen LogP contribution >= 0.6 is 38.9 Å². The van der Waals surface area contributed by atoms with Gasteiger partial charge in [0.05, 0.1) is 6.04 Å². The molecule has 0 bridgehead atoms. The van der Waals surface area contributed by atoms with Crippen molar-refractivity contribution in [1.29, 1.82) is 0 Å². The second-order valence-corrected chi connectivity index (χ2v) is 7.46. The van der Waals surface area contributed by atoms with Gasteiger partial charge in [0.25, 0.3) is 0 Å². The third kappa shape index (κ3) is 3.83. The smallest absolute Gasteiger partial charge is 0.107 e. The van der Waals surface area contributed by atoms with Gasteiger partial charge in [0.2, 0.25) is 0 Å². The molecule has 0 spiro atoms. The Balaban J connectivity index is 2.12. The molecule has 0 amide bonds. The number of nitrogens with zero attached hydrogens (tertiary/aromatic N) is 1. The fourth-order valence-electron chi connectivity index (χ4n) is 2.13. The first-order chi connectivity index (χ1) is 9.51. The Morgan fingerprint density at radius 2 is 2.00 bits per heavy atom. The highest BCUT2D eigenvalue weighted by Gasteiger charge is 2.19. The zero-order chi connectivity index (χ0) is 14.7. The van der Waals surface area contributed by atoms with Crippen LogP contribution in [0.4, 0.5) is 0 Å². The lowest BCUT2D eigenvalue weighted by atomic mass is 10.1. The molecule has 1 heterocycles. The summed E-state index contributed by atoms with van der Waals surface area (Å²) in [5.41, 5.74) is 8.52. The summed E-state index contributed by atoms with van der Waals surface area (Å²) in [6, 6.07) is 10.9. The van der Waals surface area contributed by atoms with Gasteiger partial charge in [-0.1, -0.05) is 41.4 Å².